The maximum atomic E-state index is 11.9. The Morgan fingerprint density at radius 2 is 1.81 bits per heavy atom. The van der Waals surface area contributed by atoms with Gasteiger partial charge in [-0.2, -0.15) is 0 Å². The van der Waals surface area contributed by atoms with Crippen molar-refractivity contribution in [3.05, 3.63) is 66.0 Å². The number of benzene rings is 2. The normalized spacial score (nSPS) is 18.4. The molecule has 26 heavy (non-hydrogen) atoms. The third kappa shape index (κ3) is 3.10. The summed E-state index contributed by atoms with van der Waals surface area (Å²) in [4.78, 5) is 21.1. The monoisotopic (exact) mass is 348 g/mol. The van der Waals surface area contributed by atoms with Crippen molar-refractivity contribution in [2.75, 3.05) is 19.6 Å². The van der Waals surface area contributed by atoms with Gasteiger partial charge in [0.2, 0.25) is 5.91 Å². The molecule has 0 saturated carbocycles. The zero-order valence-corrected chi connectivity index (χ0v) is 15.3. The van der Waals surface area contributed by atoms with Gasteiger partial charge in [-0.25, -0.2) is 4.98 Å². The molecule has 1 aliphatic rings. The number of fused-ring (bicyclic) bond motifs is 1. The molecule has 1 aromatic heterocycles. The summed E-state index contributed by atoms with van der Waals surface area (Å²) in [6.45, 7) is 4.77. The quantitative estimate of drug-likeness (QED) is 0.731. The van der Waals surface area contributed by atoms with E-state index in [2.05, 4.69) is 52.9 Å². The van der Waals surface area contributed by atoms with Gasteiger partial charge in [-0.3, -0.25) is 9.69 Å². The van der Waals surface area contributed by atoms with Crippen molar-refractivity contribution in [3.8, 4) is 0 Å². The van der Waals surface area contributed by atoms with Gasteiger partial charge in [0.25, 0.3) is 0 Å². The molecule has 4 rings (SSSR count). The van der Waals surface area contributed by atoms with E-state index >= 15 is 0 Å². The SMILES string of the molecule is CC(=O)N1CCN(Cc2nc3ccccc3n2C)[C@@H](c2ccccc2)C1. The van der Waals surface area contributed by atoms with Crippen LogP contribution in [0.3, 0.4) is 0 Å². The molecule has 5 heteroatoms. The Kier molecular flexibility index (Phi) is 4.47. The van der Waals surface area contributed by atoms with E-state index in [4.69, 9.17) is 4.98 Å². The van der Waals surface area contributed by atoms with Crippen molar-refractivity contribution < 1.29 is 4.79 Å². The van der Waals surface area contributed by atoms with Crippen LogP contribution >= 0.6 is 0 Å². The molecule has 2 aromatic carbocycles. The highest BCUT2D eigenvalue weighted by Gasteiger charge is 2.30. The first-order valence-corrected chi connectivity index (χ1v) is 9.08. The van der Waals surface area contributed by atoms with Gasteiger partial charge >= 0.3 is 0 Å². The first kappa shape index (κ1) is 16.8. The van der Waals surface area contributed by atoms with Gasteiger partial charge in [-0.1, -0.05) is 42.5 Å². The maximum absolute atomic E-state index is 11.9. The number of imidazole rings is 1. The van der Waals surface area contributed by atoms with Crippen LogP contribution in [0.2, 0.25) is 0 Å². The molecule has 1 fully saturated rings. The number of para-hydroxylation sites is 2. The third-order valence-electron chi connectivity index (χ3n) is 5.35. The van der Waals surface area contributed by atoms with Crippen molar-refractivity contribution in [3.63, 3.8) is 0 Å². The second-order valence-electron chi connectivity index (χ2n) is 6.94. The van der Waals surface area contributed by atoms with Crippen LogP contribution in [0.5, 0.6) is 0 Å². The van der Waals surface area contributed by atoms with Gasteiger partial charge in [-0.05, 0) is 17.7 Å². The Bertz CT molecular complexity index is 918. The first-order chi connectivity index (χ1) is 12.6. The van der Waals surface area contributed by atoms with E-state index in [0.717, 1.165) is 43.0 Å². The summed E-state index contributed by atoms with van der Waals surface area (Å²) < 4.78 is 2.18. The van der Waals surface area contributed by atoms with Crippen LogP contribution in [-0.2, 0) is 18.4 Å². The van der Waals surface area contributed by atoms with Crippen LogP contribution in [0.25, 0.3) is 11.0 Å². The number of carbonyl (C=O) groups excluding carboxylic acids is 1. The van der Waals surface area contributed by atoms with E-state index in [1.807, 2.05) is 23.1 Å². The molecule has 0 spiro atoms. The second kappa shape index (κ2) is 6.92. The van der Waals surface area contributed by atoms with Gasteiger partial charge in [0.05, 0.1) is 23.6 Å². The Hall–Kier alpha value is -2.66. The predicted octanol–water partition coefficient (Wildman–Crippen LogP) is 2.98. The zero-order chi connectivity index (χ0) is 18.1. The van der Waals surface area contributed by atoms with E-state index in [0.29, 0.717) is 0 Å². The van der Waals surface area contributed by atoms with Gasteiger partial charge < -0.3 is 9.47 Å². The van der Waals surface area contributed by atoms with Crippen molar-refractivity contribution in [1.29, 1.82) is 0 Å². The van der Waals surface area contributed by atoms with E-state index < -0.39 is 0 Å². The number of rotatable bonds is 3. The van der Waals surface area contributed by atoms with Gasteiger partial charge in [-0.15, -0.1) is 0 Å². The minimum absolute atomic E-state index is 0.147. The smallest absolute Gasteiger partial charge is 0.219 e. The number of carbonyl (C=O) groups is 1. The lowest BCUT2D eigenvalue weighted by molar-refractivity contribution is -0.132. The molecule has 134 valence electrons. The zero-order valence-electron chi connectivity index (χ0n) is 15.3. The average molecular weight is 348 g/mol. The third-order valence-corrected chi connectivity index (χ3v) is 5.35. The van der Waals surface area contributed by atoms with Crippen molar-refractivity contribution in [1.82, 2.24) is 19.4 Å². The van der Waals surface area contributed by atoms with Crippen LogP contribution < -0.4 is 0 Å². The molecule has 0 unspecified atom stereocenters. The predicted molar refractivity (Wildman–Crippen MR) is 103 cm³/mol. The number of nitrogens with zero attached hydrogens (tertiary/aromatic N) is 4. The molecule has 0 bridgehead atoms. The summed E-state index contributed by atoms with van der Waals surface area (Å²) in [5.41, 5.74) is 3.43. The molecule has 3 aromatic rings. The Morgan fingerprint density at radius 1 is 1.08 bits per heavy atom. The van der Waals surface area contributed by atoms with E-state index in [1.165, 1.54) is 5.56 Å². The van der Waals surface area contributed by atoms with E-state index in [9.17, 15) is 4.79 Å². The van der Waals surface area contributed by atoms with Crippen LogP contribution in [0.15, 0.2) is 54.6 Å². The van der Waals surface area contributed by atoms with Crippen molar-refractivity contribution in [2.24, 2.45) is 7.05 Å². The Balaban J connectivity index is 1.64. The molecular formula is C21H24N4O. The molecule has 1 atom stereocenters. The largest absolute Gasteiger partial charge is 0.340 e. The second-order valence-corrected chi connectivity index (χ2v) is 6.94. The minimum atomic E-state index is 0.147. The first-order valence-electron chi connectivity index (χ1n) is 9.08. The lowest BCUT2D eigenvalue weighted by Gasteiger charge is -2.41. The fraction of sp³-hybridized carbons (Fsp3) is 0.333. The summed E-state index contributed by atoms with van der Waals surface area (Å²) in [6.07, 6.45) is 0. The number of piperazine rings is 1. The Morgan fingerprint density at radius 3 is 2.54 bits per heavy atom. The summed E-state index contributed by atoms with van der Waals surface area (Å²) in [5.74, 6) is 1.21. The lowest BCUT2D eigenvalue weighted by atomic mass is 10.0. The van der Waals surface area contributed by atoms with E-state index in [-0.39, 0.29) is 11.9 Å². The highest BCUT2D eigenvalue weighted by molar-refractivity contribution is 5.75. The maximum Gasteiger partial charge on any atom is 0.219 e. The van der Waals surface area contributed by atoms with Crippen LogP contribution in [0, 0.1) is 0 Å². The lowest BCUT2D eigenvalue weighted by Crippen LogP contribution is -2.49. The van der Waals surface area contributed by atoms with Gasteiger partial charge in [0.15, 0.2) is 0 Å². The standard InChI is InChI=1S/C21H24N4O/c1-16(26)24-12-13-25(20(14-24)17-8-4-3-5-9-17)15-21-22-18-10-6-7-11-19(18)23(21)2/h3-11,20H,12-15H2,1-2H3/t20-/m1/s1. The number of aromatic nitrogens is 2. The number of hydrogen-bond donors (Lipinski definition) is 0. The summed E-state index contributed by atoms with van der Waals surface area (Å²) in [7, 11) is 2.08. The molecular weight excluding hydrogens is 324 g/mol. The minimum Gasteiger partial charge on any atom is -0.340 e. The summed E-state index contributed by atoms with van der Waals surface area (Å²) in [6, 6.07) is 18.9. The highest BCUT2D eigenvalue weighted by Crippen LogP contribution is 2.27. The van der Waals surface area contributed by atoms with Crippen molar-refractivity contribution >= 4 is 16.9 Å². The summed E-state index contributed by atoms with van der Waals surface area (Å²) >= 11 is 0. The van der Waals surface area contributed by atoms with E-state index in [1.54, 1.807) is 6.92 Å². The molecule has 1 aliphatic heterocycles. The fourth-order valence-electron chi connectivity index (χ4n) is 3.81. The van der Waals surface area contributed by atoms with Crippen LogP contribution in [0.4, 0.5) is 0 Å². The molecule has 5 nitrogen and oxygen atoms in total. The summed E-state index contributed by atoms with van der Waals surface area (Å²) in [5, 5.41) is 0. The number of amides is 1. The van der Waals surface area contributed by atoms with Crippen LogP contribution in [0.1, 0.15) is 24.4 Å². The number of hydrogen-bond acceptors (Lipinski definition) is 3. The Labute approximate surface area is 153 Å². The molecule has 2 heterocycles. The van der Waals surface area contributed by atoms with Gasteiger partial charge in [0.1, 0.15) is 5.82 Å². The van der Waals surface area contributed by atoms with Gasteiger partial charge in [0, 0.05) is 33.6 Å². The fourth-order valence-corrected chi connectivity index (χ4v) is 3.81. The molecule has 0 aliphatic carbocycles. The molecule has 1 saturated heterocycles. The number of aryl methyl sites for hydroxylation is 1. The molecule has 1 amide bonds. The topological polar surface area (TPSA) is 41.4 Å². The van der Waals surface area contributed by atoms with Crippen molar-refractivity contribution in [2.45, 2.75) is 19.5 Å². The average Bonchev–Trinajstić information content (AvgIpc) is 2.98. The molecule has 0 radical (unpaired) electrons. The highest BCUT2D eigenvalue weighted by atomic mass is 16.2. The molecule has 0 N–H and O–H groups in total. The van der Waals surface area contributed by atoms with Crippen LogP contribution in [-0.4, -0.2) is 44.9 Å².